The highest BCUT2D eigenvalue weighted by Gasteiger charge is 2.35. The van der Waals surface area contributed by atoms with Gasteiger partial charge in [0.1, 0.15) is 0 Å². The number of nitrogens with two attached hydrogens (primary N) is 1. The quantitative estimate of drug-likeness (QED) is 0.811. The van der Waals surface area contributed by atoms with Crippen LogP contribution in [0.3, 0.4) is 0 Å². The zero-order chi connectivity index (χ0) is 16.0. The average molecular weight is 303 g/mol. The molecule has 1 aromatic rings. The van der Waals surface area contributed by atoms with Crippen LogP contribution in [0.4, 0.5) is 0 Å². The molecule has 1 amide bonds. The molecule has 1 unspecified atom stereocenters. The van der Waals surface area contributed by atoms with Crippen molar-refractivity contribution in [2.45, 2.75) is 45.7 Å². The van der Waals surface area contributed by atoms with Crippen molar-refractivity contribution in [3.05, 3.63) is 35.9 Å². The summed E-state index contributed by atoms with van der Waals surface area (Å²) in [7, 11) is 0. The molecule has 1 saturated heterocycles. The van der Waals surface area contributed by atoms with Crippen LogP contribution in [-0.4, -0.2) is 36.5 Å². The molecule has 0 saturated carbocycles. The Morgan fingerprint density at radius 1 is 1.32 bits per heavy atom. The summed E-state index contributed by atoms with van der Waals surface area (Å²) in [6.07, 6.45) is 2.62. The highest BCUT2D eigenvalue weighted by Crippen LogP contribution is 2.26. The Morgan fingerprint density at radius 3 is 2.59 bits per heavy atom. The molecule has 4 nitrogen and oxygen atoms in total. The summed E-state index contributed by atoms with van der Waals surface area (Å²) in [5, 5.41) is 3.23. The van der Waals surface area contributed by atoms with E-state index in [4.69, 9.17) is 5.73 Å². The van der Waals surface area contributed by atoms with E-state index in [1.807, 2.05) is 19.9 Å². The molecule has 0 spiro atoms. The SMILES string of the molecule is CCC(CC)(CN)C(=O)NC1CCN(Cc2ccccc2)C1. The van der Waals surface area contributed by atoms with Gasteiger partial charge in [-0.25, -0.2) is 0 Å². The fourth-order valence-electron chi connectivity index (χ4n) is 3.23. The molecule has 0 aromatic heterocycles. The van der Waals surface area contributed by atoms with E-state index in [2.05, 4.69) is 34.5 Å². The van der Waals surface area contributed by atoms with E-state index < -0.39 is 5.41 Å². The molecular formula is C18H29N3O. The number of carbonyl (C=O) groups excluding carboxylic acids is 1. The first-order valence-electron chi connectivity index (χ1n) is 8.41. The normalized spacial score (nSPS) is 19.3. The van der Waals surface area contributed by atoms with E-state index in [1.54, 1.807) is 0 Å². The highest BCUT2D eigenvalue weighted by atomic mass is 16.2. The lowest BCUT2D eigenvalue weighted by atomic mass is 9.81. The fourth-order valence-corrected chi connectivity index (χ4v) is 3.23. The van der Waals surface area contributed by atoms with Gasteiger partial charge in [-0.05, 0) is 24.8 Å². The van der Waals surface area contributed by atoms with Crippen LogP contribution in [0.5, 0.6) is 0 Å². The van der Waals surface area contributed by atoms with E-state index in [0.717, 1.165) is 38.9 Å². The fraction of sp³-hybridized carbons (Fsp3) is 0.611. The van der Waals surface area contributed by atoms with Crippen LogP contribution >= 0.6 is 0 Å². The maximum absolute atomic E-state index is 12.6. The van der Waals surface area contributed by atoms with Gasteiger partial charge in [0.15, 0.2) is 0 Å². The van der Waals surface area contributed by atoms with Crippen LogP contribution in [0, 0.1) is 5.41 Å². The summed E-state index contributed by atoms with van der Waals surface area (Å²) in [6.45, 7) is 7.43. The molecule has 1 fully saturated rings. The first kappa shape index (κ1) is 17.0. The topological polar surface area (TPSA) is 58.4 Å². The minimum absolute atomic E-state index is 0.131. The molecule has 1 atom stereocenters. The van der Waals surface area contributed by atoms with Crippen LogP contribution in [-0.2, 0) is 11.3 Å². The summed E-state index contributed by atoms with van der Waals surface area (Å²) in [5.41, 5.74) is 6.79. The van der Waals surface area contributed by atoms with Gasteiger partial charge in [-0.1, -0.05) is 44.2 Å². The molecule has 0 bridgehead atoms. The molecule has 1 aliphatic rings. The van der Waals surface area contributed by atoms with Crippen molar-refractivity contribution in [1.82, 2.24) is 10.2 Å². The van der Waals surface area contributed by atoms with Crippen LogP contribution in [0.1, 0.15) is 38.7 Å². The maximum atomic E-state index is 12.6. The Bertz CT molecular complexity index is 462. The first-order valence-corrected chi connectivity index (χ1v) is 8.41. The second-order valence-corrected chi connectivity index (χ2v) is 6.37. The Kier molecular flexibility index (Phi) is 5.98. The zero-order valence-electron chi connectivity index (χ0n) is 13.8. The van der Waals surface area contributed by atoms with Gasteiger partial charge in [0.25, 0.3) is 0 Å². The number of benzene rings is 1. The molecule has 3 N–H and O–H groups in total. The monoisotopic (exact) mass is 303 g/mol. The highest BCUT2D eigenvalue weighted by molar-refractivity contribution is 5.83. The first-order chi connectivity index (χ1) is 10.6. The average Bonchev–Trinajstić information content (AvgIpc) is 2.97. The molecule has 0 aliphatic carbocycles. The third kappa shape index (κ3) is 3.87. The number of nitrogens with one attached hydrogen (secondary N) is 1. The van der Waals surface area contributed by atoms with Crippen molar-refractivity contribution in [1.29, 1.82) is 0 Å². The molecule has 122 valence electrons. The predicted octanol–water partition coefficient (Wildman–Crippen LogP) is 2.14. The molecular weight excluding hydrogens is 274 g/mol. The molecule has 22 heavy (non-hydrogen) atoms. The van der Waals surface area contributed by atoms with Gasteiger partial charge in [-0.3, -0.25) is 9.69 Å². The zero-order valence-corrected chi connectivity index (χ0v) is 13.8. The molecule has 1 aliphatic heterocycles. The summed E-state index contributed by atoms with van der Waals surface area (Å²) in [4.78, 5) is 15.0. The lowest BCUT2D eigenvalue weighted by molar-refractivity contribution is -0.131. The van der Waals surface area contributed by atoms with Gasteiger partial charge in [0.05, 0.1) is 5.41 Å². The summed E-state index contributed by atoms with van der Waals surface area (Å²) in [6, 6.07) is 10.7. The van der Waals surface area contributed by atoms with Crippen molar-refractivity contribution in [2.24, 2.45) is 11.1 Å². The number of carbonyl (C=O) groups is 1. The van der Waals surface area contributed by atoms with E-state index in [-0.39, 0.29) is 11.9 Å². The Hall–Kier alpha value is -1.39. The van der Waals surface area contributed by atoms with Gasteiger partial charge >= 0.3 is 0 Å². The van der Waals surface area contributed by atoms with Crippen molar-refractivity contribution < 1.29 is 4.79 Å². The minimum Gasteiger partial charge on any atom is -0.352 e. The van der Waals surface area contributed by atoms with Crippen LogP contribution in [0.25, 0.3) is 0 Å². The van der Waals surface area contributed by atoms with Crippen molar-refractivity contribution in [2.75, 3.05) is 19.6 Å². The van der Waals surface area contributed by atoms with Crippen molar-refractivity contribution >= 4 is 5.91 Å². The Balaban J connectivity index is 1.87. The number of amides is 1. The minimum atomic E-state index is -0.396. The number of nitrogens with zero attached hydrogens (tertiary/aromatic N) is 1. The molecule has 0 radical (unpaired) electrons. The predicted molar refractivity (Wildman–Crippen MR) is 90.3 cm³/mol. The molecule has 1 aromatic carbocycles. The van der Waals surface area contributed by atoms with Gasteiger partial charge in [0.2, 0.25) is 5.91 Å². The van der Waals surface area contributed by atoms with Gasteiger partial charge in [-0.15, -0.1) is 0 Å². The third-order valence-electron chi connectivity index (χ3n) is 5.08. The smallest absolute Gasteiger partial charge is 0.227 e. The summed E-state index contributed by atoms with van der Waals surface area (Å²) >= 11 is 0. The lowest BCUT2D eigenvalue weighted by Crippen LogP contribution is -2.49. The third-order valence-corrected chi connectivity index (χ3v) is 5.08. The van der Waals surface area contributed by atoms with Crippen LogP contribution in [0.15, 0.2) is 30.3 Å². The van der Waals surface area contributed by atoms with E-state index in [9.17, 15) is 4.79 Å². The van der Waals surface area contributed by atoms with Gasteiger partial charge in [0, 0.05) is 32.2 Å². The Morgan fingerprint density at radius 2 is 2.00 bits per heavy atom. The number of hydrogen-bond donors (Lipinski definition) is 2. The van der Waals surface area contributed by atoms with Crippen molar-refractivity contribution in [3.63, 3.8) is 0 Å². The molecule has 2 rings (SSSR count). The van der Waals surface area contributed by atoms with E-state index in [1.165, 1.54) is 5.56 Å². The van der Waals surface area contributed by atoms with E-state index in [0.29, 0.717) is 6.54 Å². The second kappa shape index (κ2) is 7.75. The number of likely N-dealkylation sites (tertiary alicyclic amines) is 1. The van der Waals surface area contributed by atoms with Crippen LogP contribution < -0.4 is 11.1 Å². The maximum Gasteiger partial charge on any atom is 0.227 e. The summed E-state index contributed by atoms with van der Waals surface area (Å²) < 4.78 is 0. The largest absolute Gasteiger partial charge is 0.352 e. The number of hydrogen-bond acceptors (Lipinski definition) is 3. The molecule has 1 heterocycles. The van der Waals surface area contributed by atoms with Crippen LogP contribution in [0.2, 0.25) is 0 Å². The van der Waals surface area contributed by atoms with Gasteiger partial charge < -0.3 is 11.1 Å². The number of rotatable bonds is 7. The lowest BCUT2D eigenvalue weighted by Gasteiger charge is -2.30. The summed E-state index contributed by atoms with van der Waals surface area (Å²) in [5.74, 6) is 0.131. The standard InChI is InChI=1S/C18H29N3O/c1-3-18(4-2,14-19)17(22)20-16-10-11-21(13-16)12-15-8-6-5-7-9-15/h5-9,16H,3-4,10-14,19H2,1-2H3,(H,20,22). The van der Waals surface area contributed by atoms with Gasteiger partial charge in [-0.2, -0.15) is 0 Å². The second-order valence-electron chi connectivity index (χ2n) is 6.37. The molecule has 4 heteroatoms. The van der Waals surface area contributed by atoms with E-state index >= 15 is 0 Å². The van der Waals surface area contributed by atoms with Crippen molar-refractivity contribution in [3.8, 4) is 0 Å². The Labute approximate surface area is 134 Å².